The number of hydrazone groups is 1. The summed E-state index contributed by atoms with van der Waals surface area (Å²) in [4.78, 5) is 10.1. The van der Waals surface area contributed by atoms with Crippen molar-refractivity contribution in [1.29, 1.82) is 0 Å². The lowest BCUT2D eigenvalue weighted by atomic mass is 10.2. The van der Waals surface area contributed by atoms with Crippen molar-refractivity contribution in [3.05, 3.63) is 51.9 Å². The molecule has 0 unspecified atom stereocenters. The number of hydrogen-bond acceptors (Lipinski definition) is 6. The Hall–Kier alpha value is -2.70. The number of non-ortho nitro benzene ring substituents is 1. The predicted molar refractivity (Wildman–Crippen MR) is 74.8 cm³/mol. The standard InChI is InChI=1S/C13H14N4O3/c1-9(7-12-8-10(2)20-16-12)14-15-11-3-5-13(6-4-11)17(18)19/h3-6,8,15H,7H2,1-2H3. The van der Waals surface area contributed by atoms with Gasteiger partial charge < -0.3 is 4.52 Å². The molecule has 1 heterocycles. The highest BCUT2D eigenvalue weighted by atomic mass is 16.6. The Morgan fingerprint density at radius 3 is 2.70 bits per heavy atom. The van der Waals surface area contributed by atoms with Gasteiger partial charge in [0.05, 0.1) is 16.3 Å². The molecule has 7 heteroatoms. The molecule has 0 saturated carbocycles. The molecule has 0 aliphatic heterocycles. The second kappa shape index (κ2) is 5.96. The van der Waals surface area contributed by atoms with Crippen molar-refractivity contribution in [3.8, 4) is 0 Å². The average molecular weight is 274 g/mol. The van der Waals surface area contributed by atoms with Gasteiger partial charge in [-0.05, 0) is 26.0 Å². The Kier molecular flexibility index (Phi) is 4.09. The van der Waals surface area contributed by atoms with E-state index in [4.69, 9.17) is 4.52 Å². The van der Waals surface area contributed by atoms with Gasteiger partial charge in [0.1, 0.15) is 5.76 Å². The largest absolute Gasteiger partial charge is 0.361 e. The van der Waals surface area contributed by atoms with E-state index in [1.807, 2.05) is 19.9 Å². The number of nitro benzene ring substituents is 1. The summed E-state index contributed by atoms with van der Waals surface area (Å²) >= 11 is 0. The van der Waals surface area contributed by atoms with E-state index < -0.39 is 4.92 Å². The fourth-order valence-corrected chi connectivity index (χ4v) is 1.62. The third kappa shape index (κ3) is 3.64. The molecular formula is C13H14N4O3. The van der Waals surface area contributed by atoms with Gasteiger partial charge in [0.2, 0.25) is 0 Å². The topological polar surface area (TPSA) is 93.6 Å². The molecule has 0 radical (unpaired) electrons. The molecule has 2 aromatic rings. The highest BCUT2D eigenvalue weighted by Crippen LogP contribution is 2.15. The maximum absolute atomic E-state index is 10.5. The molecule has 0 bridgehead atoms. The van der Waals surface area contributed by atoms with Crippen LogP contribution >= 0.6 is 0 Å². The van der Waals surface area contributed by atoms with Crippen molar-refractivity contribution in [2.75, 3.05) is 5.43 Å². The van der Waals surface area contributed by atoms with E-state index in [1.54, 1.807) is 12.1 Å². The van der Waals surface area contributed by atoms with Crippen LogP contribution in [0, 0.1) is 17.0 Å². The van der Waals surface area contributed by atoms with Crippen LogP contribution in [-0.4, -0.2) is 15.8 Å². The number of aromatic nitrogens is 1. The van der Waals surface area contributed by atoms with E-state index in [-0.39, 0.29) is 5.69 Å². The zero-order valence-electron chi connectivity index (χ0n) is 11.2. The number of nitrogens with zero attached hydrogens (tertiary/aromatic N) is 3. The summed E-state index contributed by atoms with van der Waals surface area (Å²) in [6, 6.07) is 7.91. The molecule has 2 rings (SSSR count). The second-order valence-corrected chi connectivity index (χ2v) is 4.37. The van der Waals surface area contributed by atoms with Gasteiger partial charge in [-0.25, -0.2) is 0 Å². The Morgan fingerprint density at radius 1 is 1.45 bits per heavy atom. The zero-order valence-corrected chi connectivity index (χ0v) is 11.2. The van der Waals surface area contributed by atoms with Gasteiger partial charge in [-0.15, -0.1) is 0 Å². The quantitative estimate of drug-likeness (QED) is 0.514. The molecular weight excluding hydrogens is 260 g/mol. The molecule has 1 N–H and O–H groups in total. The maximum Gasteiger partial charge on any atom is 0.269 e. The molecule has 0 saturated heterocycles. The molecule has 0 aliphatic carbocycles. The minimum atomic E-state index is -0.439. The summed E-state index contributed by atoms with van der Waals surface area (Å²) in [6.45, 7) is 3.69. The number of hydrogen-bond donors (Lipinski definition) is 1. The highest BCUT2D eigenvalue weighted by molar-refractivity contribution is 5.84. The third-order valence-corrected chi connectivity index (χ3v) is 2.57. The van der Waals surface area contributed by atoms with Crippen molar-refractivity contribution in [2.45, 2.75) is 20.3 Å². The molecule has 1 aromatic heterocycles. The molecule has 0 fully saturated rings. The minimum Gasteiger partial charge on any atom is -0.361 e. The Bertz CT molecular complexity index is 631. The Balaban J connectivity index is 1.95. The fraction of sp³-hybridized carbons (Fsp3) is 0.231. The van der Waals surface area contributed by atoms with Gasteiger partial charge in [-0.1, -0.05) is 5.16 Å². The van der Waals surface area contributed by atoms with Crippen molar-refractivity contribution in [3.63, 3.8) is 0 Å². The minimum absolute atomic E-state index is 0.0503. The van der Waals surface area contributed by atoms with Gasteiger partial charge in [0, 0.05) is 30.3 Å². The lowest BCUT2D eigenvalue weighted by Gasteiger charge is -2.01. The number of aryl methyl sites for hydroxylation is 1. The Labute approximate surface area is 115 Å². The fourth-order valence-electron chi connectivity index (χ4n) is 1.62. The van der Waals surface area contributed by atoms with E-state index in [1.165, 1.54) is 12.1 Å². The summed E-state index contributed by atoms with van der Waals surface area (Å²) in [7, 11) is 0. The van der Waals surface area contributed by atoms with Crippen LogP contribution < -0.4 is 5.43 Å². The van der Waals surface area contributed by atoms with Gasteiger partial charge in [-0.2, -0.15) is 5.10 Å². The highest BCUT2D eigenvalue weighted by Gasteiger charge is 2.04. The van der Waals surface area contributed by atoms with Gasteiger partial charge in [-0.3, -0.25) is 15.5 Å². The molecule has 104 valence electrons. The smallest absolute Gasteiger partial charge is 0.269 e. The summed E-state index contributed by atoms with van der Waals surface area (Å²) in [5.74, 6) is 0.760. The lowest BCUT2D eigenvalue weighted by Crippen LogP contribution is -2.02. The Morgan fingerprint density at radius 2 is 2.15 bits per heavy atom. The lowest BCUT2D eigenvalue weighted by molar-refractivity contribution is -0.384. The van der Waals surface area contributed by atoms with E-state index >= 15 is 0 Å². The monoisotopic (exact) mass is 274 g/mol. The van der Waals surface area contributed by atoms with E-state index in [0.717, 1.165) is 17.2 Å². The zero-order chi connectivity index (χ0) is 14.5. The van der Waals surface area contributed by atoms with Crippen molar-refractivity contribution < 1.29 is 9.45 Å². The maximum atomic E-state index is 10.5. The molecule has 0 spiro atoms. The first-order valence-electron chi connectivity index (χ1n) is 6.00. The van der Waals surface area contributed by atoms with E-state index in [0.29, 0.717) is 12.1 Å². The predicted octanol–water partition coefficient (Wildman–Crippen LogP) is 2.92. The van der Waals surface area contributed by atoms with Crippen molar-refractivity contribution in [2.24, 2.45) is 5.10 Å². The van der Waals surface area contributed by atoms with Crippen LogP contribution in [0.4, 0.5) is 11.4 Å². The molecule has 7 nitrogen and oxygen atoms in total. The number of benzene rings is 1. The van der Waals surface area contributed by atoms with E-state index in [2.05, 4.69) is 15.7 Å². The summed E-state index contributed by atoms with van der Waals surface area (Å²) in [5, 5.41) is 18.6. The van der Waals surface area contributed by atoms with Crippen molar-refractivity contribution in [1.82, 2.24) is 5.16 Å². The van der Waals surface area contributed by atoms with Gasteiger partial charge >= 0.3 is 0 Å². The van der Waals surface area contributed by atoms with Crippen LogP contribution in [-0.2, 0) is 6.42 Å². The molecule has 20 heavy (non-hydrogen) atoms. The molecule has 0 atom stereocenters. The summed E-state index contributed by atoms with van der Waals surface area (Å²) < 4.78 is 4.97. The first kappa shape index (κ1) is 13.7. The van der Waals surface area contributed by atoms with Crippen LogP contribution in [0.3, 0.4) is 0 Å². The van der Waals surface area contributed by atoms with Crippen LogP contribution in [0.1, 0.15) is 18.4 Å². The first-order chi connectivity index (χ1) is 9.54. The SMILES string of the molecule is CC(Cc1cc(C)on1)=NNc1ccc([N+](=O)[O-])cc1. The van der Waals surface area contributed by atoms with Crippen LogP contribution in [0.15, 0.2) is 40.0 Å². The molecule has 0 aliphatic rings. The number of nitrogens with one attached hydrogen (secondary N) is 1. The number of rotatable bonds is 5. The van der Waals surface area contributed by atoms with Crippen molar-refractivity contribution >= 4 is 17.1 Å². The van der Waals surface area contributed by atoms with Gasteiger partial charge in [0.25, 0.3) is 5.69 Å². The number of anilines is 1. The molecule has 1 aromatic carbocycles. The normalized spacial score (nSPS) is 11.4. The molecule has 0 amide bonds. The van der Waals surface area contributed by atoms with Crippen LogP contribution in [0.2, 0.25) is 0 Å². The second-order valence-electron chi connectivity index (χ2n) is 4.37. The van der Waals surface area contributed by atoms with Gasteiger partial charge in [0.15, 0.2) is 0 Å². The first-order valence-corrected chi connectivity index (χ1v) is 6.00. The average Bonchev–Trinajstić information content (AvgIpc) is 2.82. The number of nitro groups is 1. The van der Waals surface area contributed by atoms with Crippen LogP contribution in [0.5, 0.6) is 0 Å². The summed E-state index contributed by atoms with van der Waals surface area (Å²) in [6.07, 6.45) is 0.581. The summed E-state index contributed by atoms with van der Waals surface area (Å²) in [5.41, 5.74) is 5.23. The van der Waals surface area contributed by atoms with Crippen LogP contribution in [0.25, 0.3) is 0 Å². The van der Waals surface area contributed by atoms with E-state index in [9.17, 15) is 10.1 Å². The third-order valence-electron chi connectivity index (χ3n) is 2.57.